The number of allylic oxidation sites excluding steroid dienone is 2. The minimum Gasteiger partial charge on any atom is -0.537 e. The fourth-order valence-corrected chi connectivity index (χ4v) is 4.85. The first-order valence-electron chi connectivity index (χ1n) is 12.0. The van der Waals surface area contributed by atoms with Crippen molar-refractivity contribution >= 4 is 34.3 Å². The second-order valence-electron chi connectivity index (χ2n) is 8.77. The minimum absolute atomic E-state index is 0. The van der Waals surface area contributed by atoms with Crippen LogP contribution in [0.5, 0.6) is 11.5 Å². The Morgan fingerprint density at radius 2 is 1.68 bits per heavy atom. The summed E-state index contributed by atoms with van der Waals surface area (Å²) in [6.45, 7) is 0. The Morgan fingerprint density at radius 1 is 0.842 bits per heavy atom. The van der Waals surface area contributed by atoms with Crippen molar-refractivity contribution in [3.8, 4) is 17.3 Å². The zero-order valence-corrected chi connectivity index (χ0v) is 22.5. The van der Waals surface area contributed by atoms with Crippen LogP contribution >= 0.6 is 0 Å². The van der Waals surface area contributed by atoms with E-state index in [0.717, 1.165) is 44.5 Å². The van der Waals surface area contributed by atoms with Crippen molar-refractivity contribution in [2.24, 2.45) is 0 Å². The number of pyridine rings is 1. The Hall–Kier alpha value is -4.22. The van der Waals surface area contributed by atoms with Crippen molar-refractivity contribution in [2.45, 2.75) is 0 Å². The van der Waals surface area contributed by atoms with E-state index < -0.39 is 0 Å². The van der Waals surface area contributed by atoms with Crippen molar-refractivity contribution < 1.29 is 35.2 Å². The van der Waals surface area contributed by atoms with Gasteiger partial charge in [0, 0.05) is 29.3 Å². The molecule has 2 aliphatic rings. The van der Waals surface area contributed by atoms with Gasteiger partial charge in [-0.1, -0.05) is 29.8 Å². The molecule has 0 saturated heterocycles. The quantitative estimate of drug-likeness (QED) is 0.186. The van der Waals surface area contributed by atoms with E-state index in [9.17, 15) is 0 Å². The van der Waals surface area contributed by atoms with Gasteiger partial charge in [-0.25, -0.2) is 4.98 Å². The number of nitrogens with zero attached hydrogens (tertiary/aromatic N) is 3. The van der Waals surface area contributed by atoms with Crippen molar-refractivity contribution in [1.29, 1.82) is 0 Å². The fourth-order valence-electron chi connectivity index (χ4n) is 4.85. The molecule has 186 valence electrons. The van der Waals surface area contributed by atoms with E-state index in [1.165, 1.54) is 0 Å². The van der Waals surface area contributed by atoms with Gasteiger partial charge in [-0.05, 0) is 36.7 Å². The third kappa shape index (κ3) is 4.09. The number of aromatic nitrogens is 2. The van der Waals surface area contributed by atoms with Gasteiger partial charge in [0.05, 0.1) is 18.2 Å². The third-order valence-corrected chi connectivity index (χ3v) is 6.54. The van der Waals surface area contributed by atoms with Crippen molar-refractivity contribution in [2.75, 3.05) is 7.05 Å². The van der Waals surface area contributed by atoms with Crippen molar-refractivity contribution in [3.05, 3.63) is 127 Å². The van der Waals surface area contributed by atoms with Crippen LogP contribution in [-0.4, -0.2) is 28.5 Å². The topological polar surface area (TPSA) is 48.8 Å². The number of fused-ring (bicyclic) bond motifs is 3. The molecule has 0 saturated carbocycles. The number of hydrogen-bond acceptors (Lipinski definition) is 5. The van der Waals surface area contributed by atoms with Gasteiger partial charge in [-0.15, -0.1) is 35.1 Å². The average Bonchev–Trinajstić information content (AvgIpc) is 3.31. The van der Waals surface area contributed by atoms with E-state index in [-0.39, 0.29) is 28.1 Å². The molecule has 6 nitrogen and oxygen atoms in total. The van der Waals surface area contributed by atoms with Crippen molar-refractivity contribution in [1.82, 2.24) is 14.4 Å². The standard InChI is InChI=1S/C30H20BN3O3.Pt/c1-33-27-14-17-35-18-15-29(27)37-31(33)21-7-6-8-22(19-21)36-23-12-13-25-24-9-2-3-10-26(24)34(28(25)20-23)30-11-4-5-16-32-30;/h2-18H,1H3;/q-2;+2. The molecule has 7 rings (SSSR count). The summed E-state index contributed by atoms with van der Waals surface area (Å²) < 4.78 is 19.8. The molecule has 2 aliphatic heterocycles. The van der Waals surface area contributed by atoms with Gasteiger partial charge in [0.25, 0.3) is 0 Å². The van der Waals surface area contributed by atoms with E-state index >= 15 is 0 Å². The summed E-state index contributed by atoms with van der Waals surface area (Å²) in [5, 5.41) is 2.23. The van der Waals surface area contributed by atoms with Crippen LogP contribution in [0.15, 0.2) is 115 Å². The molecule has 0 bridgehead atoms. The normalized spacial score (nSPS) is 14.2. The predicted octanol–water partition coefficient (Wildman–Crippen LogP) is 5.50. The van der Waals surface area contributed by atoms with Crippen LogP contribution in [0.2, 0.25) is 0 Å². The molecule has 8 heteroatoms. The first-order valence-corrected chi connectivity index (χ1v) is 12.0. The first kappa shape index (κ1) is 24.1. The number of hydrogen-bond donors (Lipinski definition) is 0. The fraction of sp³-hybridized carbons (Fsp3) is 0.0333. The maximum Gasteiger partial charge on any atom is 2.00 e. The summed E-state index contributed by atoms with van der Waals surface area (Å²) in [4.78, 5) is 6.64. The molecule has 38 heavy (non-hydrogen) atoms. The van der Waals surface area contributed by atoms with Crippen LogP contribution in [-0.2, 0) is 30.5 Å². The molecule has 3 aromatic carbocycles. The van der Waals surface area contributed by atoms with Crippen LogP contribution in [0.4, 0.5) is 0 Å². The summed E-state index contributed by atoms with van der Waals surface area (Å²) in [5.41, 5.74) is 3.78. The van der Waals surface area contributed by atoms with Gasteiger partial charge in [0.1, 0.15) is 11.6 Å². The van der Waals surface area contributed by atoms with Gasteiger partial charge in [-0.2, -0.15) is 18.2 Å². The summed E-state index contributed by atoms with van der Waals surface area (Å²) in [7, 11) is 1.66. The molecule has 0 spiro atoms. The van der Waals surface area contributed by atoms with Crippen LogP contribution in [0.25, 0.3) is 27.6 Å². The predicted molar refractivity (Wildman–Crippen MR) is 143 cm³/mol. The molecule has 4 heterocycles. The second kappa shape index (κ2) is 9.92. The molecule has 5 aromatic rings. The largest absolute Gasteiger partial charge is 2.00 e. The molecular weight excluding hydrogens is 656 g/mol. The Balaban J connectivity index is 0.00000264. The van der Waals surface area contributed by atoms with Crippen LogP contribution in [0.3, 0.4) is 0 Å². The number of rotatable bonds is 4. The van der Waals surface area contributed by atoms with E-state index in [4.69, 9.17) is 14.1 Å². The zero-order valence-electron chi connectivity index (χ0n) is 20.3. The van der Waals surface area contributed by atoms with Gasteiger partial charge < -0.3 is 23.5 Å². The molecular formula is C30H20BN3O3Pt. The minimum atomic E-state index is -0.320. The van der Waals surface area contributed by atoms with E-state index in [1.807, 2.05) is 78.6 Å². The van der Waals surface area contributed by atoms with E-state index in [0.29, 0.717) is 11.5 Å². The molecule has 0 radical (unpaired) electrons. The van der Waals surface area contributed by atoms with E-state index in [1.54, 1.807) is 18.7 Å². The second-order valence-corrected chi connectivity index (χ2v) is 8.77. The maximum absolute atomic E-state index is 6.27. The molecule has 0 aliphatic carbocycles. The van der Waals surface area contributed by atoms with Gasteiger partial charge in [-0.3, -0.25) is 0 Å². The molecule has 0 amide bonds. The Morgan fingerprint density at radius 3 is 2.58 bits per heavy atom. The van der Waals surface area contributed by atoms with Gasteiger partial charge in [0.2, 0.25) is 0 Å². The SMILES string of the molecule is CN1B(c2[c-]c(Oc3[c-]c4c(cc3)c3ccccc3n4-c3ccccn3)ccc2)OC2=C1C=COC=C2.[Pt+2]. The summed E-state index contributed by atoms with van der Waals surface area (Å²) >= 11 is 0. The van der Waals surface area contributed by atoms with Crippen LogP contribution in [0, 0.1) is 12.1 Å². The van der Waals surface area contributed by atoms with E-state index in [2.05, 4.69) is 39.9 Å². The third-order valence-electron chi connectivity index (χ3n) is 6.54. The van der Waals surface area contributed by atoms with Crippen LogP contribution < -0.4 is 10.2 Å². The Labute approximate surface area is 234 Å². The zero-order chi connectivity index (χ0) is 24.8. The van der Waals surface area contributed by atoms with Gasteiger partial charge in [0.15, 0.2) is 0 Å². The Bertz CT molecular complexity index is 1750. The number of para-hydroxylation sites is 1. The first-order chi connectivity index (χ1) is 18.3. The monoisotopic (exact) mass is 676 g/mol. The molecule has 0 atom stereocenters. The summed E-state index contributed by atoms with van der Waals surface area (Å²) in [6.07, 6.45) is 8.75. The smallest absolute Gasteiger partial charge is 0.537 e. The summed E-state index contributed by atoms with van der Waals surface area (Å²) in [6, 6.07) is 30.9. The molecule has 0 unspecified atom stereocenters. The number of likely N-dealkylation sites (N-methyl/N-ethyl adjacent to an activating group) is 1. The maximum atomic E-state index is 6.27. The van der Waals surface area contributed by atoms with Crippen molar-refractivity contribution in [3.63, 3.8) is 0 Å². The summed E-state index contributed by atoms with van der Waals surface area (Å²) in [5.74, 6) is 2.76. The van der Waals surface area contributed by atoms with Gasteiger partial charge >= 0.3 is 28.1 Å². The molecule has 2 aromatic heterocycles. The Kier molecular flexibility index (Phi) is 6.30. The number of ether oxygens (including phenoxy) is 2. The average molecular weight is 676 g/mol. The molecule has 0 N–H and O–H groups in total. The number of benzene rings is 3. The van der Waals surface area contributed by atoms with Crippen LogP contribution in [0.1, 0.15) is 0 Å². The molecule has 0 fully saturated rings.